The summed E-state index contributed by atoms with van der Waals surface area (Å²) in [5, 5.41) is 10.9. The molecule has 0 unspecified atom stereocenters. The van der Waals surface area contributed by atoms with E-state index in [0.29, 0.717) is 27.7 Å². The molecule has 9 rings (SSSR count). The summed E-state index contributed by atoms with van der Waals surface area (Å²) in [6.07, 6.45) is -2.76. The van der Waals surface area contributed by atoms with Gasteiger partial charge in [0.05, 0.1) is 50.5 Å². The second kappa shape index (κ2) is 14.7. The first kappa shape index (κ1) is 41.1. The molecule has 3 aromatic carbocycles. The molecule has 4 heterocycles. The predicted octanol–water partition coefficient (Wildman–Crippen LogP) is 7.39. The predicted molar refractivity (Wildman–Crippen MR) is 216 cm³/mol. The largest absolute Gasteiger partial charge is 0.344 e. The number of aryl methyl sites for hydroxylation is 2. The quantitative estimate of drug-likeness (QED) is 0.127. The van der Waals surface area contributed by atoms with Crippen molar-refractivity contribution in [2.24, 2.45) is 13.0 Å². The summed E-state index contributed by atoms with van der Waals surface area (Å²) < 4.78 is 119. The maximum atomic E-state index is 15.5. The zero-order valence-corrected chi connectivity index (χ0v) is 34.2. The Morgan fingerprint density at radius 2 is 1.76 bits per heavy atom. The molecule has 1 saturated carbocycles. The van der Waals surface area contributed by atoms with Crippen LogP contribution in [0.15, 0.2) is 71.5 Å². The van der Waals surface area contributed by atoms with Crippen molar-refractivity contribution < 1.29 is 39.6 Å². The van der Waals surface area contributed by atoms with Crippen LogP contribution >= 0.6 is 11.6 Å². The molecule has 2 aliphatic carbocycles. The van der Waals surface area contributed by atoms with E-state index in [0.717, 1.165) is 23.0 Å². The lowest BCUT2D eigenvalue weighted by molar-refractivity contribution is -0.123. The van der Waals surface area contributed by atoms with Crippen LogP contribution in [0.5, 0.6) is 0 Å². The third-order valence-electron chi connectivity index (χ3n) is 11.0. The summed E-state index contributed by atoms with van der Waals surface area (Å²) in [6, 6.07) is 13.9. The SMILES string of the molecule is Cc1cccc(-c2ccc3c(=O)n(-c4ccc(Cl)c5c(NS(C)(=O)=O)nn(C)c45)c([C@H](Cc4cc(F)cc(F)c4)NC(=O)Cn4nc(C(F)F)c5c4C(F)(F)[C@@H]4C[C@H]54)nc3c2)n1. The van der Waals surface area contributed by atoms with Crippen LogP contribution in [-0.2, 0) is 40.8 Å². The fourth-order valence-electron chi connectivity index (χ4n) is 8.44. The number of fused-ring (bicyclic) bond motifs is 5. The van der Waals surface area contributed by atoms with E-state index in [1.807, 2.05) is 0 Å². The zero-order chi connectivity index (χ0) is 44.2. The van der Waals surface area contributed by atoms with E-state index < -0.39 is 87.7 Å². The second-order valence-electron chi connectivity index (χ2n) is 15.4. The lowest BCUT2D eigenvalue weighted by Crippen LogP contribution is -2.38. The second-order valence-corrected chi connectivity index (χ2v) is 17.6. The van der Waals surface area contributed by atoms with Gasteiger partial charge in [0.15, 0.2) is 5.82 Å². The highest BCUT2D eigenvalue weighted by Crippen LogP contribution is 2.68. The fourth-order valence-corrected chi connectivity index (χ4v) is 9.18. The van der Waals surface area contributed by atoms with Crippen LogP contribution in [0, 0.1) is 24.5 Å². The Labute approximate surface area is 352 Å². The highest BCUT2D eigenvalue weighted by molar-refractivity contribution is 7.92. The monoisotopic (exact) mass is 895 g/mol. The van der Waals surface area contributed by atoms with E-state index in [2.05, 4.69) is 25.2 Å². The number of hydrogen-bond donors (Lipinski definition) is 2. The summed E-state index contributed by atoms with van der Waals surface area (Å²) in [5.41, 5.74) is -0.679. The Balaban J connectivity index is 1.26. The van der Waals surface area contributed by atoms with Crippen molar-refractivity contribution in [3.63, 3.8) is 0 Å². The number of rotatable bonds is 11. The molecule has 1 amide bonds. The van der Waals surface area contributed by atoms with Gasteiger partial charge in [-0.1, -0.05) is 23.7 Å². The van der Waals surface area contributed by atoms with Crippen LogP contribution in [-0.4, -0.2) is 54.7 Å². The van der Waals surface area contributed by atoms with Gasteiger partial charge >= 0.3 is 0 Å². The van der Waals surface area contributed by atoms with Crippen molar-refractivity contribution in [2.75, 3.05) is 11.0 Å². The Morgan fingerprint density at radius 1 is 1.02 bits per heavy atom. The molecular weight excluding hydrogens is 864 g/mol. The zero-order valence-electron chi connectivity index (χ0n) is 32.6. The minimum Gasteiger partial charge on any atom is -0.344 e. The minimum atomic E-state index is -3.91. The molecule has 0 aliphatic heterocycles. The van der Waals surface area contributed by atoms with Crippen molar-refractivity contribution in [1.82, 2.24) is 39.4 Å². The molecule has 0 radical (unpaired) electrons. The average Bonchev–Trinajstić information content (AvgIpc) is 3.72. The van der Waals surface area contributed by atoms with Gasteiger partial charge in [-0.15, -0.1) is 0 Å². The molecule has 0 bridgehead atoms. The number of amides is 1. The number of hydrogen-bond acceptors (Lipinski definition) is 8. The molecule has 320 valence electrons. The van der Waals surface area contributed by atoms with Gasteiger partial charge in [0.1, 0.15) is 35.4 Å². The van der Waals surface area contributed by atoms with Gasteiger partial charge in [-0.05, 0) is 73.4 Å². The van der Waals surface area contributed by atoms with Gasteiger partial charge in [-0.25, -0.2) is 31.0 Å². The number of carbonyl (C=O) groups excluding carboxylic acids is 1. The first-order valence-corrected chi connectivity index (χ1v) is 21.2. The lowest BCUT2D eigenvalue weighted by Gasteiger charge is -2.24. The minimum absolute atomic E-state index is 0.00284. The first-order valence-electron chi connectivity index (χ1n) is 18.9. The van der Waals surface area contributed by atoms with Gasteiger partial charge in [0.2, 0.25) is 15.9 Å². The van der Waals surface area contributed by atoms with Crippen molar-refractivity contribution in [3.05, 3.63) is 128 Å². The Morgan fingerprint density at radius 3 is 2.45 bits per heavy atom. The topological polar surface area (TPSA) is 159 Å². The smallest absolute Gasteiger partial charge is 0.293 e. The molecule has 2 aliphatic rings. The Hall–Kier alpha value is -6.28. The van der Waals surface area contributed by atoms with Gasteiger partial charge in [-0.3, -0.25) is 33.2 Å². The van der Waals surface area contributed by atoms with Crippen LogP contribution in [0.1, 0.15) is 58.8 Å². The molecular formula is C41H32ClF6N9O4S. The highest BCUT2D eigenvalue weighted by Gasteiger charge is 2.67. The number of nitrogens with zero attached hydrogens (tertiary/aromatic N) is 7. The normalized spacial score (nSPS) is 17.1. The van der Waals surface area contributed by atoms with Crippen LogP contribution in [0.2, 0.25) is 5.02 Å². The van der Waals surface area contributed by atoms with Crippen LogP contribution in [0.25, 0.3) is 38.8 Å². The van der Waals surface area contributed by atoms with Crippen LogP contribution in [0.4, 0.5) is 32.2 Å². The summed E-state index contributed by atoms with van der Waals surface area (Å²) in [7, 11) is -2.45. The summed E-state index contributed by atoms with van der Waals surface area (Å²) >= 11 is 6.63. The number of nitrogens with one attached hydrogen (secondary N) is 2. The van der Waals surface area contributed by atoms with E-state index in [1.165, 1.54) is 29.9 Å². The van der Waals surface area contributed by atoms with Gasteiger partial charge in [-0.2, -0.15) is 19.0 Å². The van der Waals surface area contributed by atoms with E-state index in [-0.39, 0.29) is 61.7 Å². The molecule has 3 atom stereocenters. The molecule has 0 saturated heterocycles. The maximum absolute atomic E-state index is 15.5. The van der Waals surface area contributed by atoms with Gasteiger partial charge in [0.25, 0.3) is 17.9 Å². The summed E-state index contributed by atoms with van der Waals surface area (Å²) in [4.78, 5) is 38.6. The van der Waals surface area contributed by atoms with Crippen LogP contribution < -0.4 is 15.6 Å². The van der Waals surface area contributed by atoms with Crippen molar-refractivity contribution >= 4 is 55.2 Å². The Bertz CT molecular complexity index is 3190. The van der Waals surface area contributed by atoms with E-state index >= 15 is 13.6 Å². The number of carbonyl (C=O) groups is 1. The number of alkyl halides is 4. The number of halogens is 7. The van der Waals surface area contributed by atoms with E-state index in [4.69, 9.17) is 16.6 Å². The Kier molecular flexibility index (Phi) is 9.73. The first-order chi connectivity index (χ1) is 29.3. The standard InChI is InChI=1S/C41H32ClF6N9O4S/c1-18-5-4-6-27(49-18)20-7-8-23-28(14-20)51-39(57(40(23)59)30-10-9-26(42)33-35(30)55(2)53-38(33)54-62(3,60)61)29(13-19-11-21(43)15-22(44)12-19)50-31(58)17-56-36-32(34(52-56)37(45)46)24-16-25(24)41(36,47)48/h4-12,14-15,24-25,29,37H,13,16-17H2,1-3H3,(H,50,58)(H,53,54)/t24-,25+,29-/m0/s1. The van der Waals surface area contributed by atoms with E-state index in [9.17, 15) is 30.8 Å². The highest BCUT2D eigenvalue weighted by atomic mass is 35.5. The van der Waals surface area contributed by atoms with Crippen molar-refractivity contribution in [3.8, 4) is 16.9 Å². The molecule has 4 aromatic heterocycles. The molecule has 13 nitrogen and oxygen atoms in total. The number of anilines is 1. The van der Waals surface area contributed by atoms with Crippen molar-refractivity contribution in [2.45, 2.75) is 50.6 Å². The fraction of sp³-hybridized carbons (Fsp3) is 0.268. The van der Waals surface area contributed by atoms with Crippen LogP contribution in [0.3, 0.4) is 0 Å². The molecule has 62 heavy (non-hydrogen) atoms. The molecule has 0 spiro atoms. The number of aromatic nitrogens is 7. The molecule has 2 N–H and O–H groups in total. The van der Waals surface area contributed by atoms with Gasteiger partial charge < -0.3 is 5.32 Å². The average molecular weight is 896 g/mol. The maximum Gasteiger partial charge on any atom is 0.293 e. The summed E-state index contributed by atoms with van der Waals surface area (Å²) in [6.45, 7) is 0.812. The number of sulfonamides is 1. The molecule has 21 heteroatoms. The summed E-state index contributed by atoms with van der Waals surface area (Å²) in [5.74, 6) is -9.00. The number of benzene rings is 3. The number of pyridine rings is 1. The van der Waals surface area contributed by atoms with E-state index in [1.54, 1.807) is 37.3 Å². The molecule has 1 fully saturated rings. The van der Waals surface area contributed by atoms with Crippen molar-refractivity contribution in [1.29, 1.82) is 0 Å². The molecule has 7 aromatic rings. The third kappa shape index (κ3) is 7.13. The lowest BCUT2D eigenvalue weighted by atomic mass is 10.0. The van der Waals surface area contributed by atoms with Gasteiger partial charge in [0, 0.05) is 42.3 Å². The third-order valence-corrected chi connectivity index (χ3v) is 11.9.